The van der Waals surface area contributed by atoms with Crippen LogP contribution in [0, 0.1) is 0 Å². The van der Waals surface area contributed by atoms with Crippen molar-refractivity contribution in [3.63, 3.8) is 0 Å². The number of hydrogen-bond acceptors (Lipinski definition) is 1. The molecule has 0 saturated carbocycles. The highest BCUT2D eigenvalue weighted by Gasteiger charge is 2.18. The summed E-state index contributed by atoms with van der Waals surface area (Å²) in [7, 11) is -1.24. The van der Waals surface area contributed by atoms with Crippen LogP contribution < -0.4 is 0 Å². The van der Waals surface area contributed by atoms with Gasteiger partial charge in [-0.15, -0.1) is 0 Å². The Bertz CT molecular complexity index is 396. The molecular formula is C11H14ClNOS. The lowest BCUT2D eigenvalue weighted by Crippen LogP contribution is -2.19. The van der Waals surface area contributed by atoms with Crippen molar-refractivity contribution in [2.75, 3.05) is 0 Å². The standard InChI is InChI=1S/C11H14ClNOS/c1-11(2,3)15(14)13-8-9-6-4-5-7-10(9)12/h4-8H,1-3H3/t15-/m1/s1. The first-order chi connectivity index (χ1) is 6.91. The molecule has 0 bridgehead atoms. The molecule has 0 radical (unpaired) electrons. The smallest absolute Gasteiger partial charge is 0.144 e. The van der Waals surface area contributed by atoms with Crippen molar-refractivity contribution in [1.29, 1.82) is 0 Å². The number of nitrogens with zero attached hydrogens (tertiary/aromatic N) is 1. The molecule has 0 aliphatic carbocycles. The van der Waals surface area contributed by atoms with Gasteiger partial charge >= 0.3 is 0 Å². The van der Waals surface area contributed by atoms with Crippen LogP contribution >= 0.6 is 11.6 Å². The molecular weight excluding hydrogens is 230 g/mol. The number of hydrogen-bond donors (Lipinski definition) is 0. The lowest BCUT2D eigenvalue weighted by Gasteiger charge is -2.12. The summed E-state index contributed by atoms with van der Waals surface area (Å²) in [6.07, 6.45) is 1.56. The molecule has 1 aromatic rings. The van der Waals surface area contributed by atoms with Crippen LogP contribution in [-0.2, 0) is 11.0 Å². The summed E-state index contributed by atoms with van der Waals surface area (Å²) in [4.78, 5) is 0. The van der Waals surface area contributed by atoms with Crippen LogP contribution in [0.1, 0.15) is 26.3 Å². The fourth-order valence-corrected chi connectivity index (χ4v) is 1.55. The van der Waals surface area contributed by atoms with Crippen molar-refractivity contribution in [3.8, 4) is 0 Å². The van der Waals surface area contributed by atoms with Crippen molar-refractivity contribution in [1.82, 2.24) is 0 Å². The van der Waals surface area contributed by atoms with Gasteiger partial charge in [0.05, 0.1) is 4.75 Å². The normalized spacial score (nSPS) is 14.4. The van der Waals surface area contributed by atoms with Gasteiger partial charge in [-0.05, 0) is 26.8 Å². The highest BCUT2D eigenvalue weighted by Crippen LogP contribution is 2.15. The lowest BCUT2D eigenvalue weighted by molar-refractivity contribution is 0.651. The van der Waals surface area contributed by atoms with Crippen LogP contribution in [-0.4, -0.2) is 15.2 Å². The number of halogens is 1. The molecule has 4 heteroatoms. The molecule has 0 unspecified atom stereocenters. The predicted molar refractivity (Wildman–Crippen MR) is 66.9 cm³/mol. The van der Waals surface area contributed by atoms with E-state index in [1.54, 1.807) is 12.3 Å². The first-order valence-electron chi connectivity index (χ1n) is 4.62. The van der Waals surface area contributed by atoms with Crippen LogP contribution in [0.25, 0.3) is 0 Å². The number of rotatable bonds is 2. The molecule has 82 valence electrons. The van der Waals surface area contributed by atoms with E-state index < -0.39 is 11.0 Å². The SMILES string of the molecule is CC(C)(C)[S@@](=O)N=Cc1ccccc1Cl. The Hall–Kier alpha value is -0.670. The predicted octanol–water partition coefficient (Wildman–Crippen LogP) is 3.22. The second-order valence-electron chi connectivity index (χ2n) is 4.12. The molecule has 15 heavy (non-hydrogen) atoms. The van der Waals surface area contributed by atoms with Gasteiger partial charge in [-0.1, -0.05) is 29.8 Å². The zero-order chi connectivity index (χ0) is 11.5. The minimum Gasteiger partial charge on any atom is -0.234 e. The Morgan fingerprint density at radius 1 is 1.33 bits per heavy atom. The molecule has 2 nitrogen and oxygen atoms in total. The van der Waals surface area contributed by atoms with Crippen LogP contribution in [0.5, 0.6) is 0 Å². The topological polar surface area (TPSA) is 29.4 Å². The molecule has 1 rings (SSSR count). The fraction of sp³-hybridized carbons (Fsp3) is 0.364. The number of benzene rings is 1. The van der Waals surface area contributed by atoms with E-state index in [9.17, 15) is 4.21 Å². The summed E-state index contributed by atoms with van der Waals surface area (Å²) in [6.45, 7) is 5.65. The largest absolute Gasteiger partial charge is 0.234 e. The summed E-state index contributed by atoms with van der Waals surface area (Å²) >= 11 is 5.93. The maximum Gasteiger partial charge on any atom is 0.144 e. The van der Waals surface area contributed by atoms with Gasteiger partial charge in [-0.25, -0.2) is 4.21 Å². The third-order valence-corrected chi connectivity index (χ3v) is 3.41. The Morgan fingerprint density at radius 3 is 2.47 bits per heavy atom. The molecule has 0 aromatic heterocycles. The van der Waals surface area contributed by atoms with E-state index in [1.807, 2.05) is 39.0 Å². The molecule has 0 heterocycles. The van der Waals surface area contributed by atoms with E-state index >= 15 is 0 Å². The van der Waals surface area contributed by atoms with Crippen molar-refractivity contribution >= 4 is 28.8 Å². The third-order valence-electron chi connectivity index (χ3n) is 1.72. The Morgan fingerprint density at radius 2 is 1.93 bits per heavy atom. The molecule has 0 amide bonds. The van der Waals surface area contributed by atoms with Crippen molar-refractivity contribution in [2.24, 2.45) is 4.40 Å². The van der Waals surface area contributed by atoms with E-state index in [1.165, 1.54) is 0 Å². The van der Waals surface area contributed by atoms with E-state index in [0.29, 0.717) is 5.02 Å². The minimum atomic E-state index is -1.24. The summed E-state index contributed by atoms with van der Waals surface area (Å²) in [5.74, 6) is 0. The van der Waals surface area contributed by atoms with E-state index in [4.69, 9.17) is 11.6 Å². The quantitative estimate of drug-likeness (QED) is 0.734. The minimum absolute atomic E-state index is 0.336. The average Bonchev–Trinajstić information content (AvgIpc) is 2.14. The molecule has 1 aromatic carbocycles. The molecule has 1 atom stereocenters. The highest BCUT2D eigenvalue weighted by molar-refractivity contribution is 7.85. The van der Waals surface area contributed by atoms with Crippen LogP contribution in [0.3, 0.4) is 0 Å². The fourth-order valence-electron chi connectivity index (χ4n) is 0.843. The van der Waals surface area contributed by atoms with E-state index in [-0.39, 0.29) is 4.75 Å². The molecule has 0 N–H and O–H groups in total. The van der Waals surface area contributed by atoms with E-state index in [2.05, 4.69) is 4.40 Å². The lowest BCUT2D eigenvalue weighted by atomic mass is 10.2. The van der Waals surface area contributed by atoms with Crippen molar-refractivity contribution < 1.29 is 4.21 Å². The monoisotopic (exact) mass is 243 g/mol. The Labute approximate surface area is 98.0 Å². The van der Waals surface area contributed by atoms with Crippen LogP contribution in [0.2, 0.25) is 5.02 Å². The third kappa shape index (κ3) is 3.76. The zero-order valence-corrected chi connectivity index (χ0v) is 10.6. The molecule has 0 aliphatic heterocycles. The Kier molecular flexibility index (Phi) is 4.05. The maximum absolute atomic E-state index is 11.6. The Balaban J connectivity index is 2.84. The van der Waals surface area contributed by atoms with Gasteiger partial charge in [0.2, 0.25) is 0 Å². The van der Waals surface area contributed by atoms with Crippen LogP contribution in [0.15, 0.2) is 28.7 Å². The zero-order valence-electron chi connectivity index (χ0n) is 9.03. The molecule has 0 aliphatic rings. The second-order valence-corrected chi connectivity index (χ2v) is 6.46. The first kappa shape index (κ1) is 12.4. The molecule has 0 spiro atoms. The first-order valence-corrected chi connectivity index (χ1v) is 6.10. The van der Waals surface area contributed by atoms with Gasteiger partial charge < -0.3 is 0 Å². The van der Waals surface area contributed by atoms with E-state index in [0.717, 1.165) is 5.56 Å². The van der Waals surface area contributed by atoms with Gasteiger partial charge in [0.15, 0.2) is 0 Å². The molecule has 0 fully saturated rings. The maximum atomic E-state index is 11.6. The van der Waals surface area contributed by atoms with Gasteiger partial charge in [-0.2, -0.15) is 4.40 Å². The summed E-state index contributed by atoms with van der Waals surface area (Å²) in [5, 5.41) is 0.618. The summed E-state index contributed by atoms with van der Waals surface area (Å²) < 4.78 is 15.3. The van der Waals surface area contributed by atoms with Gasteiger partial charge in [0, 0.05) is 16.8 Å². The highest BCUT2D eigenvalue weighted by atomic mass is 35.5. The van der Waals surface area contributed by atoms with Gasteiger partial charge in [-0.3, -0.25) is 0 Å². The van der Waals surface area contributed by atoms with Crippen molar-refractivity contribution in [2.45, 2.75) is 25.5 Å². The van der Waals surface area contributed by atoms with Crippen LogP contribution in [0.4, 0.5) is 0 Å². The van der Waals surface area contributed by atoms with Gasteiger partial charge in [0.1, 0.15) is 11.0 Å². The van der Waals surface area contributed by atoms with Crippen molar-refractivity contribution in [3.05, 3.63) is 34.9 Å². The second kappa shape index (κ2) is 4.90. The van der Waals surface area contributed by atoms with Gasteiger partial charge in [0.25, 0.3) is 0 Å². The average molecular weight is 244 g/mol. The molecule has 0 saturated heterocycles. The summed E-state index contributed by atoms with van der Waals surface area (Å²) in [5.41, 5.74) is 0.789. The summed E-state index contributed by atoms with van der Waals surface area (Å²) in [6, 6.07) is 7.34.